The van der Waals surface area contributed by atoms with Crippen LogP contribution >= 0.6 is 15.9 Å². The smallest absolute Gasteiger partial charge is 0.191 e. The minimum Gasteiger partial charge on any atom is -0.357 e. The Kier molecular flexibility index (Phi) is 7.91. The Hall–Kier alpha value is -1.86. The van der Waals surface area contributed by atoms with E-state index in [4.69, 9.17) is 4.99 Å². The number of nitrogens with one attached hydrogen (secondary N) is 2. The zero-order chi connectivity index (χ0) is 19.8. The first-order chi connectivity index (χ1) is 13.6. The summed E-state index contributed by atoms with van der Waals surface area (Å²) >= 11 is 3.50. The van der Waals surface area contributed by atoms with Crippen molar-refractivity contribution < 1.29 is 0 Å². The molecule has 0 atom stereocenters. The zero-order valence-electron chi connectivity index (χ0n) is 16.9. The third-order valence-electron chi connectivity index (χ3n) is 5.02. The Bertz CT molecular complexity index is 747. The molecule has 7 heteroatoms. The lowest BCUT2D eigenvalue weighted by molar-refractivity contribution is 0.198. The largest absolute Gasteiger partial charge is 0.357 e. The summed E-state index contributed by atoms with van der Waals surface area (Å²) in [5.41, 5.74) is 2.60. The van der Waals surface area contributed by atoms with Crippen LogP contribution in [0.2, 0.25) is 0 Å². The summed E-state index contributed by atoms with van der Waals surface area (Å²) < 4.78 is 2.97. The van der Waals surface area contributed by atoms with E-state index in [0.29, 0.717) is 6.04 Å². The van der Waals surface area contributed by atoms with Gasteiger partial charge in [0.1, 0.15) is 0 Å². The van der Waals surface area contributed by atoms with Crippen molar-refractivity contribution in [1.82, 2.24) is 25.3 Å². The summed E-state index contributed by atoms with van der Waals surface area (Å²) in [7, 11) is 1.95. The normalized spacial score (nSPS) is 16.3. The van der Waals surface area contributed by atoms with E-state index in [1.54, 1.807) is 0 Å². The van der Waals surface area contributed by atoms with Gasteiger partial charge in [-0.3, -0.25) is 14.6 Å². The van der Waals surface area contributed by atoms with E-state index in [9.17, 15) is 0 Å². The maximum atomic E-state index is 4.75. The second kappa shape index (κ2) is 10.6. The second-order valence-corrected chi connectivity index (χ2v) is 8.27. The number of aryl methyl sites for hydroxylation is 1. The molecule has 0 bridgehead atoms. The van der Waals surface area contributed by atoms with Gasteiger partial charge >= 0.3 is 0 Å². The van der Waals surface area contributed by atoms with Crippen molar-refractivity contribution >= 4 is 21.9 Å². The van der Waals surface area contributed by atoms with Gasteiger partial charge in [-0.2, -0.15) is 5.10 Å². The molecule has 1 aromatic carbocycles. The maximum Gasteiger partial charge on any atom is 0.191 e. The molecule has 2 heterocycles. The fourth-order valence-electron chi connectivity index (χ4n) is 3.49. The number of guanidine groups is 1. The molecule has 2 aromatic rings. The van der Waals surface area contributed by atoms with Crippen LogP contribution in [0.25, 0.3) is 0 Å². The molecule has 2 N–H and O–H groups in total. The number of nitrogens with zero attached hydrogens (tertiary/aromatic N) is 4. The first kappa shape index (κ1) is 20.9. The van der Waals surface area contributed by atoms with E-state index >= 15 is 0 Å². The fourth-order valence-corrected chi connectivity index (χ4v) is 3.76. The van der Waals surface area contributed by atoms with Crippen molar-refractivity contribution in [2.45, 2.75) is 38.8 Å². The van der Waals surface area contributed by atoms with Crippen LogP contribution in [0.4, 0.5) is 0 Å². The van der Waals surface area contributed by atoms with E-state index in [2.05, 4.69) is 73.9 Å². The van der Waals surface area contributed by atoms with Gasteiger partial charge in [0, 0.05) is 56.5 Å². The van der Waals surface area contributed by atoms with E-state index in [-0.39, 0.29) is 0 Å². The fraction of sp³-hybridized carbons (Fsp3) is 0.524. The van der Waals surface area contributed by atoms with E-state index in [1.165, 1.54) is 11.1 Å². The van der Waals surface area contributed by atoms with Crippen LogP contribution in [0, 0.1) is 0 Å². The third kappa shape index (κ3) is 6.63. The number of halogens is 1. The number of piperidine rings is 1. The van der Waals surface area contributed by atoms with Gasteiger partial charge in [-0.1, -0.05) is 28.1 Å². The number of aliphatic imine (C=N–C) groups is 1. The number of aromatic nitrogens is 2. The molecule has 0 radical (unpaired) electrons. The van der Waals surface area contributed by atoms with Gasteiger partial charge < -0.3 is 10.6 Å². The van der Waals surface area contributed by atoms with Gasteiger partial charge in [0.15, 0.2) is 5.96 Å². The van der Waals surface area contributed by atoms with Crippen molar-refractivity contribution in [2.75, 3.05) is 26.2 Å². The lowest BCUT2D eigenvalue weighted by atomic mass is 10.0. The molecule has 3 rings (SSSR count). The van der Waals surface area contributed by atoms with Crippen molar-refractivity contribution in [1.29, 1.82) is 0 Å². The molecule has 6 nitrogen and oxygen atoms in total. The van der Waals surface area contributed by atoms with E-state index in [1.807, 2.05) is 17.9 Å². The lowest BCUT2D eigenvalue weighted by Gasteiger charge is -2.33. The average Bonchev–Trinajstić information content (AvgIpc) is 3.10. The Balaban J connectivity index is 1.44. The molecule has 0 spiro atoms. The first-order valence-corrected chi connectivity index (χ1v) is 10.9. The Morgan fingerprint density at radius 2 is 1.96 bits per heavy atom. The topological polar surface area (TPSA) is 57.5 Å². The molecule has 1 aliphatic heterocycles. The van der Waals surface area contributed by atoms with Crippen molar-refractivity contribution in [2.24, 2.45) is 12.0 Å². The van der Waals surface area contributed by atoms with Crippen LogP contribution in [0.5, 0.6) is 0 Å². The monoisotopic (exact) mass is 446 g/mol. The molecule has 1 saturated heterocycles. The molecule has 152 valence electrons. The Morgan fingerprint density at radius 1 is 1.21 bits per heavy atom. The molecule has 0 amide bonds. The number of rotatable bonds is 7. The lowest BCUT2D eigenvalue weighted by Crippen LogP contribution is -2.48. The van der Waals surface area contributed by atoms with Crippen LogP contribution in [0.1, 0.15) is 30.9 Å². The molecular formula is C21H31BrN6. The predicted octanol–water partition coefficient (Wildman–Crippen LogP) is 2.94. The summed E-state index contributed by atoms with van der Waals surface area (Å²) in [4.78, 5) is 7.28. The Morgan fingerprint density at radius 3 is 2.61 bits per heavy atom. The highest BCUT2D eigenvalue weighted by Crippen LogP contribution is 2.16. The summed E-state index contributed by atoms with van der Waals surface area (Å²) in [6, 6.07) is 9.12. The number of hydrogen-bond acceptors (Lipinski definition) is 3. The highest BCUT2D eigenvalue weighted by Gasteiger charge is 2.20. The number of benzene rings is 1. The quantitative estimate of drug-likeness (QED) is 0.506. The predicted molar refractivity (Wildman–Crippen MR) is 118 cm³/mol. The third-order valence-corrected chi connectivity index (χ3v) is 5.55. The minimum atomic E-state index is 0.484. The van der Waals surface area contributed by atoms with Gasteiger partial charge in [-0.05, 0) is 49.4 Å². The molecule has 1 fully saturated rings. The SMILES string of the molecule is CCNC(=NCCc1cnn(C)c1)NC1CCN(Cc2ccc(Br)cc2)CC1. The van der Waals surface area contributed by atoms with Crippen LogP contribution in [-0.4, -0.2) is 52.9 Å². The molecule has 0 saturated carbocycles. The first-order valence-electron chi connectivity index (χ1n) is 10.1. The van der Waals surface area contributed by atoms with Crippen LogP contribution < -0.4 is 10.6 Å². The molecule has 1 aliphatic rings. The zero-order valence-corrected chi connectivity index (χ0v) is 18.5. The van der Waals surface area contributed by atoms with Crippen LogP contribution in [-0.2, 0) is 20.0 Å². The van der Waals surface area contributed by atoms with E-state index in [0.717, 1.165) is 62.4 Å². The second-order valence-electron chi connectivity index (χ2n) is 7.35. The van der Waals surface area contributed by atoms with Crippen molar-refractivity contribution in [3.05, 3.63) is 52.3 Å². The van der Waals surface area contributed by atoms with Crippen LogP contribution in [0.3, 0.4) is 0 Å². The standard InChI is InChI=1S/C21H31BrN6/c1-3-23-21(24-11-8-18-14-25-27(2)15-18)26-20-9-12-28(13-10-20)16-17-4-6-19(22)7-5-17/h4-7,14-15,20H,3,8-13,16H2,1-2H3,(H2,23,24,26). The highest BCUT2D eigenvalue weighted by molar-refractivity contribution is 9.10. The molecular weight excluding hydrogens is 416 g/mol. The summed E-state index contributed by atoms with van der Waals surface area (Å²) in [6.07, 6.45) is 7.16. The molecule has 28 heavy (non-hydrogen) atoms. The van der Waals surface area contributed by atoms with Gasteiger partial charge in [-0.15, -0.1) is 0 Å². The molecule has 0 unspecified atom stereocenters. The van der Waals surface area contributed by atoms with Gasteiger partial charge in [0.25, 0.3) is 0 Å². The molecule has 0 aliphatic carbocycles. The summed E-state index contributed by atoms with van der Waals surface area (Å²) in [5, 5.41) is 11.2. The van der Waals surface area contributed by atoms with Gasteiger partial charge in [0.2, 0.25) is 0 Å². The Labute approximate surface area is 176 Å². The highest BCUT2D eigenvalue weighted by atomic mass is 79.9. The minimum absolute atomic E-state index is 0.484. The van der Waals surface area contributed by atoms with E-state index < -0.39 is 0 Å². The molecule has 1 aromatic heterocycles. The van der Waals surface area contributed by atoms with Gasteiger partial charge in [0.05, 0.1) is 6.20 Å². The maximum absolute atomic E-state index is 4.75. The van der Waals surface area contributed by atoms with Crippen molar-refractivity contribution in [3.8, 4) is 0 Å². The average molecular weight is 447 g/mol. The summed E-state index contributed by atoms with van der Waals surface area (Å²) in [5.74, 6) is 0.928. The van der Waals surface area contributed by atoms with Crippen molar-refractivity contribution in [3.63, 3.8) is 0 Å². The van der Waals surface area contributed by atoms with Crippen LogP contribution in [0.15, 0.2) is 46.1 Å². The summed E-state index contributed by atoms with van der Waals surface area (Å²) in [6.45, 7) is 7.01. The van der Waals surface area contributed by atoms with Gasteiger partial charge in [-0.25, -0.2) is 0 Å². The number of likely N-dealkylation sites (tertiary alicyclic amines) is 1. The number of hydrogen-bond donors (Lipinski definition) is 2.